The van der Waals surface area contributed by atoms with E-state index in [1.165, 1.54) is 38.8 Å². The second-order valence-corrected chi connectivity index (χ2v) is 7.06. The van der Waals surface area contributed by atoms with E-state index in [4.69, 9.17) is 0 Å². The summed E-state index contributed by atoms with van der Waals surface area (Å²) in [6.45, 7) is 7.35. The first-order chi connectivity index (χ1) is 8.45. The first kappa shape index (κ1) is 14.3. The number of nitrogens with zero attached hydrogens (tertiary/aromatic N) is 2. The van der Waals surface area contributed by atoms with E-state index in [1.54, 1.807) is 0 Å². The maximum Gasteiger partial charge on any atom is 0.0271 e. The third-order valence-corrected chi connectivity index (χ3v) is 5.41. The van der Waals surface area contributed by atoms with Crippen LogP contribution in [0.2, 0.25) is 0 Å². The van der Waals surface area contributed by atoms with Crippen LogP contribution in [-0.2, 0) is 0 Å². The largest absolute Gasteiger partial charge is 0.315 e. The van der Waals surface area contributed by atoms with Crippen LogP contribution in [0.3, 0.4) is 0 Å². The van der Waals surface area contributed by atoms with E-state index in [1.807, 2.05) is 0 Å². The molecule has 3 nitrogen and oxygen atoms in total. The van der Waals surface area contributed by atoms with Gasteiger partial charge in [-0.15, -0.1) is 0 Å². The molecule has 18 heavy (non-hydrogen) atoms. The Morgan fingerprint density at radius 1 is 1.17 bits per heavy atom. The van der Waals surface area contributed by atoms with Crippen molar-refractivity contribution in [2.24, 2.45) is 5.41 Å². The summed E-state index contributed by atoms with van der Waals surface area (Å²) < 4.78 is 0. The van der Waals surface area contributed by atoms with Crippen molar-refractivity contribution in [3.05, 3.63) is 0 Å². The Labute approximate surface area is 113 Å². The van der Waals surface area contributed by atoms with Crippen LogP contribution < -0.4 is 5.32 Å². The summed E-state index contributed by atoms with van der Waals surface area (Å²) in [7, 11) is 6.73. The molecule has 0 aromatic heterocycles. The zero-order valence-corrected chi connectivity index (χ0v) is 12.9. The van der Waals surface area contributed by atoms with Gasteiger partial charge < -0.3 is 10.2 Å². The van der Waals surface area contributed by atoms with Gasteiger partial charge in [0.25, 0.3) is 0 Å². The smallest absolute Gasteiger partial charge is 0.0271 e. The van der Waals surface area contributed by atoms with E-state index in [2.05, 4.69) is 50.1 Å². The van der Waals surface area contributed by atoms with Gasteiger partial charge >= 0.3 is 0 Å². The van der Waals surface area contributed by atoms with Crippen LogP contribution in [0.5, 0.6) is 0 Å². The van der Waals surface area contributed by atoms with Crippen LogP contribution in [0.25, 0.3) is 0 Å². The molecule has 2 unspecified atom stereocenters. The molecule has 0 spiro atoms. The molecule has 1 saturated carbocycles. The Balaban J connectivity index is 1.98. The van der Waals surface area contributed by atoms with Gasteiger partial charge in [-0.1, -0.05) is 13.8 Å². The lowest BCUT2D eigenvalue weighted by Gasteiger charge is -2.42. The molecular formula is C15H31N3. The number of piperidine rings is 1. The van der Waals surface area contributed by atoms with Crippen molar-refractivity contribution in [2.75, 3.05) is 34.2 Å². The summed E-state index contributed by atoms with van der Waals surface area (Å²) >= 11 is 0. The quantitative estimate of drug-likeness (QED) is 0.827. The number of likely N-dealkylation sites (tertiary alicyclic amines) is 1. The Bertz CT molecular complexity index is 269. The fourth-order valence-corrected chi connectivity index (χ4v) is 4.06. The highest BCUT2D eigenvalue weighted by molar-refractivity contribution is 5.01. The van der Waals surface area contributed by atoms with Gasteiger partial charge in [-0.3, -0.25) is 4.90 Å². The van der Waals surface area contributed by atoms with Crippen molar-refractivity contribution < 1.29 is 0 Å². The Hall–Kier alpha value is -0.120. The van der Waals surface area contributed by atoms with E-state index in [9.17, 15) is 0 Å². The lowest BCUT2D eigenvalue weighted by Crippen LogP contribution is -2.54. The highest BCUT2D eigenvalue weighted by Gasteiger charge is 2.44. The van der Waals surface area contributed by atoms with Gasteiger partial charge in [0, 0.05) is 18.1 Å². The fourth-order valence-electron chi connectivity index (χ4n) is 4.06. The second kappa shape index (κ2) is 5.48. The van der Waals surface area contributed by atoms with Crippen molar-refractivity contribution in [3.63, 3.8) is 0 Å². The molecule has 1 saturated heterocycles. The predicted octanol–water partition coefficient (Wildman–Crippen LogP) is 1.79. The standard InChI is InChI=1S/C15H31N3/c1-15(2)9-6-13(14(15)16-3)18(5)12-7-10-17(4)11-8-12/h12-14,16H,6-11H2,1-5H3. The predicted molar refractivity (Wildman–Crippen MR) is 77.9 cm³/mol. The van der Waals surface area contributed by atoms with E-state index < -0.39 is 0 Å². The highest BCUT2D eigenvalue weighted by atomic mass is 15.2. The molecule has 0 amide bonds. The molecule has 0 aromatic carbocycles. The molecule has 2 fully saturated rings. The van der Waals surface area contributed by atoms with Crippen LogP contribution in [-0.4, -0.2) is 62.2 Å². The Morgan fingerprint density at radius 3 is 2.33 bits per heavy atom. The van der Waals surface area contributed by atoms with Crippen LogP contribution in [0.15, 0.2) is 0 Å². The topological polar surface area (TPSA) is 18.5 Å². The van der Waals surface area contributed by atoms with Crippen molar-refractivity contribution in [3.8, 4) is 0 Å². The summed E-state index contributed by atoms with van der Waals surface area (Å²) in [6.07, 6.45) is 5.36. The molecular weight excluding hydrogens is 222 g/mol. The Kier molecular flexibility index (Phi) is 4.35. The average Bonchev–Trinajstić information content (AvgIpc) is 2.64. The van der Waals surface area contributed by atoms with Gasteiger partial charge in [0.05, 0.1) is 0 Å². The van der Waals surface area contributed by atoms with Gasteiger partial charge in [-0.25, -0.2) is 0 Å². The number of nitrogens with one attached hydrogen (secondary N) is 1. The molecule has 0 radical (unpaired) electrons. The molecule has 0 aromatic rings. The summed E-state index contributed by atoms with van der Waals surface area (Å²) in [5.74, 6) is 0. The summed E-state index contributed by atoms with van der Waals surface area (Å²) in [5.41, 5.74) is 0.444. The molecule has 1 aliphatic carbocycles. The maximum absolute atomic E-state index is 3.58. The van der Waals surface area contributed by atoms with Crippen LogP contribution in [0, 0.1) is 5.41 Å². The number of rotatable bonds is 3. The van der Waals surface area contributed by atoms with Crippen molar-refractivity contribution in [1.29, 1.82) is 0 Å². The number of hydrogen-bond donors (Lipinski definition) is 1. The second-order valence-electron chi connectivity index (χ2n) is 7.06. The normalized spacial score (nSPS) is 34.3. The van der Waals surface area contributed by atoms with Crippen LogP contribution in [0.4, 0.5) is 0 Å². The minimum absolute atomic E-state index is 0.444. The van der Waals surface area contributed by atoms with E-state index >= 15 is 0 Å². The molecule has 106 valence electrons. The molecule has 0 bridgehead atoms. The molecule has 2 atom stereocenters. The molecule has 2 aliphatic rings. The van der Waals surface area contributed by atoms with Crippen molar-refractivity contribution >= 4 is 0 Å². The Morgan fingerprint density at radius 2 is 1.78 bits per heavy atom. The van der Waals surface area contributed by atoms with Gasteiger partial charge in [-0.05, 0) is 65.3 Å². The zero-order chi connectivity index (χ0) is 13.3. The summed E-state index contributed by atoms with van der Waals surface area (Å²) in [5, 5.41) is 3.58. The number of likely N-dealkylation sites (N-methyl/N-ethyl adjacent to an activating group) is 2. The average molecular weight is 253 g/mol. The lowest BCUT2D eigenvalue weighted by molar-refractivity contribution is 0.0870. The summed E-state index contributed by atoms with van der Waals surface area (Å²) in [4.78, 5) is 5.14. The van der Waals surface area contributed by atoms with Gasteiger partial charge in [-0.2, -0.15) is 0 Å². The zero-order valence-electron chi connectivity index (χ0n) is 12.9. The maximum atomic E-state index is 3.58. The van der Waals surface area contributed by atoms with E-state index in [0.29, 0.717) is 11.5 Å². The molecule has 1 aliphatic heterocycles. The summed E-state index contributed by atoms with van der Waals surface area (Å²) in [6, 6.07) is 2.15. The minimum Gasteiger partial charge on any atom is -0.315 e. The first-order valence-electron chi connectivity index (χ1n) is 7.53. The van der Waals surface area contributed by atoms with Gasteiger partial charge in [0.2, 0.25) is 0 Å². The molecule has 2 rings (SSSR count). The fraction of sp³-hybridized carbons (Fsp3) is 1.00. The third-order valence-electron chi connectivity index (χ3n) is 5.41. The van der Waals surface area contributed by atoms with Crippen molar-refractivity contribution in [1.82, 2.24) is 15.1 Å². The van der Waals surface area contributed by atoms with Gasteiger partial charge in [0.1, 0.15) is 0 Å². The first-order valence-corrected chi connectivity index (χ1v) is 7.53. The number of hydrogen-bond acceptors (Lipinski definition) is 3. The minimum atomic E-state index is 0.444. The highest BCUT2D eigenvalue weighted by Crippen LogP contribution is 2.40. The monoisotopic (exact) mass is 253 g/mol. The third kappa shape index (κ3) is 2.73. The molecule has 3 heteroatoms. The molecule has 1 N–H and O–H groups in total. The van der Waals surface area contributed by atoms with Gasteiger partial charge in [0.15, 0.2) is 0 Å². The van der Waals surface area contributed by atoms with Crippen LogP contribution in [0.1, 0.15) is 39.5 Å². The van der Waals surface area contributed by atoms with E-state index in [-0.39, 0.29) is 0 Å². The molecule has 1 heterocycles. The van der Waals surface area contributed by atoms with E-state index in [0.717, 1.165) is 12.1 Å². The van der Waals surface area contributed by atoms with Crippen molar-refractivity contribution in [2.45, 2.75) is 57.7 Å². The lowest BCUT2D eigenvalue weighted by atomic mass is 9.86. The van der Waals surface area contributed by atoms with Crippen LogP contribution >= 0.6 is 0 Å². The SMILES string of the molecule is CNC1C(N(C)C2CCN(C)CC2)CCC1(C)C.